The summed E-state index contributed by atoms with van der Waals surface area (Å²) in [6.45, 7) is 1.92. The zero-order valence-electron chi connectivity index (χ0n) is 12.3. The van der Waals surface area contributed by atoms with Crippen LogP contribution in [0.4, 0.5) is 22.0 Å². The molecule has 0 atom stereocenters. The topological polar surface area (TPSA) is 15.3 Å². The van der Waals surface area contributed by atoms with Crippen molar-refractivity contribution in [2.75, 3.05) is 19.6 Å². The first kappa shape index (κ1) is 16.9. The maximum absolute atomic E-state index is 13.1. The molecule has 1 aliphatic carbocycles. The number of alkyl halides is 5. The van der Waals surface area contributed by atoms with E-state index in [0.29, 0.717) is 38.8 Å². The number of halogens is 5. The van der Waals surface area contributed by atoms with E-state index in [-0.39, 0.29) is 24.4 Å². The van der Waals surface area contributed by atoms with Gasteiger partial charge in [0.05, 0.1) is 6.54 Å². The van der Waals surface area contributed by atoms with Gasteiger partial charge in [-0.2, -0.15) is 13.2 Å². The van der Waals surface area contributed by atoms with Crippen molar-refractivity contribution in [3.8, 4) is 0 Å². The van der Waals surface area contributed by atoms with Crippen LogP contribution >= 0.6 is 0 Å². The van der Waals surface area contributed by atoms with Crippen LogP contribution in [0.1, 0.15) is 45.4 Å². The summed E-state index contributed by atoms with van der Waals surface area (Å²) in [4.78, 5) is 1.42. The summed E-state index contributed by atoms with van der Waals surface area (Å²) in [5.74, 6) is -2.55. The highest BCUT2D eigenvalue weighted by Crippen LogP contribution is 2.35. The average molecular weight is 314 g/mol. The molecule has 2 fully saturated rings. The molecule has 2 rings (SSSR count). The highest BCUT2D eigenvalue weighted by Gasteiger charge is 2.39. The summed E-state index contributed by atoms with van der Waals surface area (Å²) >= 11 is 0. The number of hydrogen-bond acceptors (Lipinski definition) is 2. The van der Waals surface area contributed by atoms with Crippen molar-refractivity contribution in [2.24, 2.45) is 0 Å². The standard InChI is InChI=1S/C14H23F5N2/c1-12(20-11-2-4-13(15,16)5-3-11)6-8-21(9-7-12)10-14(17,18)19/h11,20H,2-10H2,1H3. The molecule has 1 heterocycles. The van der Waals surface area contributed by atoms with Gasteiger partial charge in [-0.05, 0) is 32.6 Å². The van der Waals surface area contributed by atoms with Gasteiger partial charge in [0.1, 0.15) is 0 Å². The lowest BCUT2D eigenvalue weighted by Gasteiger charge is -2.43. The van der Waals surface area contributed by atoms with Gasteiger partial charge in [-0.15, -0.1) is 0 Å². The SMILES string of the molecule is CC1(NC2CCC(F)(F)CC2)CCN(CC(F)(F)F)CC1. The number of hydrogen-bond donors (Lipinski definition) is 1. The van der Waals surface area contributed by atoms with Crippen LogP contribution in [0.2, 0.25) is 0 Å². The lowest BCUT2D eigenvalue weighted by Crippen LogP contribution is -2.56. The molecule has 0 spiro atoms. The van der Waals surface area contributed by atoms with E-state index in [1.807, 2.05) is 6.92 Å². The molecule has 0 amide bonds. The molecular formula is C14H23F5N2. The fourth-order valence-corrected chi connectivity index (χ4v) is 3.28. The summed E-state index contributed by atoms with van der Waals surface area (Å²) in [5, 5.41) is 3.41. The van der Waals surface area contributed by atoms with Gasteiger partial charge in [0.25, 0.3) is 0 Å². The molecule has 7 heteroatoms. The second-order valence-electron chi connectivity index (χ2n) is 6.73. The Bertz CT molecular complexity index is 338. The summed E-state index contributed by atoms with van der Waals surface area (Å²) in [7, 11) is 0. The molecule has 0 aromatic carbocycles. The third-order valence-corrected chi connectivity index (χ3v) is 4.63. The van der Waals surface area contributed by atoms with Gasteiger partial charge in [0.2, 0.25) is 5.92 Å². The maximum atomic E-state index is 13.1. The number of nitrogens with zero attached hydrogens (tertiary/aromatic N) is 1. The molecule has 0 aromatic rings. The second-order valence-corrected chi connectivity index (χ2v) is 6.73. The number of likely N-dealkylation sites (tertiary alicyclic amines) is 1. The van der Waals surface area contributed by atoms with Gasteiger partial charge in [0.15, 0.2) is 0 Å². The predicted molar refractivity (Wildman–Crippen MR) is 70.5 cm³/mol. The molecule has 0 aromatic heterocycles. The molecule has 0 radical (unpaired) electrons. The van der Waals surface area contributed by atoms with E-state index in [1.54, 1.807) is 0 Å². The minimum Gasteiger partial charge on any atom is -0.309 e. The van der Waals surface area contributed by atoms with Crippen LogP contribution in [0, 0.1) is 0 Å². The Morgan fingerprint density at radius 1 is 1.05 bits per heavy atom. The summed E-state index contributed by atoms with van der Waals surface area (Å²) in [6, 6.07) is 0.0591. The zero-order valence-corrected chi connectivity index (χ0v) is 12.3. The Morgan fingerprint density at radius 2 is 1.57 bits per heavy atom. The molecule has 2 nitrogen and oxygen atoms in total. The minimum absolute atomic E-state index is 0.0591. The van der Waals surface area contributed by atoms with Crippen LogP contribution in [-0.2, 0) is 0 Å². The normalized spacial score (nSPS) is 27.7. The van der Waals surface area contributed by atoms with E-state index < -0.39 is 18.6 Å². The first-order valence-electron chi connectivity index (χ1n) is 7.52. The Balaban J connectivity index is 1.77. The van der Waals surface area contributed by atoms with Crippen LogP contribution in [0.5, 0.6) is 0 Å². The lowest BCUT2D eigenvalue weighted by atomic mass is 9.85. The van der Waals surface area contributed by atoms with E-state index in [2.05, 4.69) is 5.32 Å². The van der Waals surface area contributed by atoms with E-state index in [0.717, 1.165) is 0 Å². The number of rotatable bonds is 3. The summed E-state index contributed by atoms with van der Waals surface area (Å²) < 4.78 is 63.3. The molecule has 21 heavy (non-hydrogen) atoms. The largest absolute Gasteiger partial charge is 0.401 e. The molecule has 1 saturated carbocycles. The third kappa shape index (κ3) is 5.36. The van der Waals surface area contributed by atoms with Crippen molar-refractivity contribution in [2.45, 2.75) is 69.1 Å². The van der Waals surface area contributed by atoms with Crippen molar-refractivity contribution < 1.29 is 22.0 Å². The second kappa shape index (κ2) is 5.99. The van der Waals surface area contributed by atoms with Crippen LogP contribution in [0.15, 0.2) is 0 Å². The smallest absolute Gasteiger partial charge is 0.309 e. The van der Waals surface area contributed by atoms with E-state index >= 15 is 0 Å². The van der Waals surface area contributed by atoms with Crippen LogP contribution in [0.3, 0.4) is 0 Å². The predicted octanol–water partition coefficient (Wildman–Crippen LogP) is 3.57. The van der Waals surface area contributed by atoms with Crippen LogP contribution < -0.4 is 5.32 Å². The van der Waals surface area contributed by atoms with Crippen LogP contribution in [0.25, 0.3) is 0 Å². The van der Waals surface area contributed by atoms with Gasteiger partial charge in [0, 0.05) is 37.5 Å². The highest BCUT2D eigenvalue weighted by molar-refractivity contribution is 4.94. The van der Waals surface area contributed by atoms with Gasteiger partial charge in [-0.25, -0.2) is 8.78 Å². The van der Waals surface area contributed by atoms with E-state index in [9.17, 15) is 22.0 Å². The monoisotopic (exact) mass is 314 g/mol. The highest BCUT2D eigenvalue weighted by atomic mass is 19.4. The lowest BCUT2D eigenvalue weighted by molar-refractivity contribution is -0.149. The molecule has 1 saturated heterocycles. The first-order chi connectivity index (χ1) is 9.57. The molecule has 1 N–H and O–H groups in total. The Labute approximate surface area is 122 Å². The Kier molecular flexibility index (Phi) is 4.83. The number of piperidine rings is 1. The quantitative estimate of drug-likeness (QED) is 0.801. The summed E-state index contributed by atoms with van der Waals surface area (Å²) in [6.07, 6.45) is -2.23. The average Bonchev–Trinajstić information content (AvgIpc) is 2.34. The third-order valence-electron chi connectivity index (χ3n) is 4.63. The first-order valence-corrected chi connectivity index (χ1v) is 7.52. The fraction of sp³-hybridized carbons (Fsp3) is 1.00. The zero-order chi connectivity index (χ0) is 15.7. The number of nitrogens with one attached hydrogen (secondary N) is 1. The van der Waals surface area contributed by atoms with Crippen molar-refractivity contribution in [3.63, 3.8) is 0 Å². The van der Waals surface area contributed by atoms with Gasteiger partial charge in [-0.3, -0.25) is 4.90 Å². The van der Waals surface area contributed by atoms with Gasteiger partial charge >= 0.3 is 6.18 Å². The Hall–Kier alpha value is -0.430. The molecule has 0 unspecified atom stereocenters. The van der Waals surface area contributed by atoms with Gasteiger partial charge in [-0.1, -0.05) is 0 Å². The van der Waals surface area contributed by atoms with Gasteiger partial charge < -0.3 is 5.32 Å². The van der Waals surface area contributed by atoms with E-state index in [4.69, 9.17) is 0 Å². The molecular weight excluding hydrogens is 291 g/mol. The van der Waals surface area contributed by atoms with E-state index in [1.165, 1.54) is 4.90 Å². The fourth-order valence-electron chi connectivity index (χ4n) is 3.28. The van der Waals surface area contributed by atoms with Crippen molar-refractivity contribution in [1.29, 1.82) is 0 Å². The van der Waals surface area contributed by atoms with Crippen molar-refractivity contribution in [1.82, 2.24) is 10.2 Å². The molecule has 124 valence electrons. The Morgan fingerprint density at radius 3 is 2.05 bits per heavy atom. The molecule has 1 aliphatic heterocycles. The molecule has 2 aliphatic rings. The van der Waals surface area contributed by atoms with Crippen molar-refractivity contribution >= 4 is 0 Å². The molecule has 0 bridgehead atoms. The summed E-state index contributed by atoms with van der Waals surface area (Å²) in [5.41, 5.74) is -0.237. The van der Waals surface area contributed by atoms with Crippen molar-refractivity contribution in [3.05, 3.63) is 0 Å². The van der Waals surface area contributed by atoms with Crippen LogP contribution in [-0.4, -0.2) is 48.2 Å². The minimum atomic E-state index is -4.16. The maximum Gasteiger partial charge on any atom is 0.401 e.